The standard InChI is InChI=1S/C54H33NS3/c1-4-12-34(13-5-1)37-20-24-44-46-32-39(23-29-49(46)57-50(44)30-37)55(40-22-26-43-42-18-10-11-19-48(42)56-52(43)33-40)47-28-27-41(36-16-8-3-9-17-36)54-53(47)45-25-21-38(31-51(45)58-54)35-14-6-2-7-15-35/h1-33H. The van der Waals surface area contributed by atoms with Gasteiger partial charge in [0.05, 0.1) is 5.69 Å². The second-order valence-electron chi connectivity index (χ2n) is 14.9. The molecule has 0 aliphatic rings. The van der Waals surface area contributed by atoms with Crippen LogP contribution in [-0.2, 0) is 0 Å². The molecule has 0 bridgehead atoms. The Morgan fingerprint density at radius 3 is 1.53 bits per heavy atom. The Morgan fingerprint density at radius 2 is 0.810 bits per heavy atom. The number of hydrogen-bond donors (Lipinski definition) is 0. The molecular formula is C54H33NS3. The van der Waals surface area contributed by atoms with Crippen LogP contribution in [0.15, 0.2) is 200 Å². The average Bonchev–Trinajstić information content (AvgIpc) is 3.98. The van der Waals surface area contributed by atoms with Crippen molar-refractivity contribution in [3.8, 4) is 33.4 Å². The van der Waals surface area contributed by atoms with Crippen LogP contribution in [0.5, 0.6) is 0 Å². The van der Waals surface area contributed by atoms with Crippen molar-refractivity contribution in [3.63, 3.8) is 0 Å². The van der Waals surface area contributed by atoms with E-state index in [-0.39, 0.29) is 0 Å². The van der Waals surface area contributed by atoms with Crippen molar-refractivity contribution in [2.45, 2.75) is 0 Å². The summed E-state index contributed by atoms with van der Waals surface area (Å²) in [6.45, 7) is 0. The first-order chi connectivity index (χ1) is 28.7. The summed E-state index contributed by atoms with van der Waals surface area (Å²) in [5, 5.41) is 7.74. The van der Waals surface area contributed by atoms with Crippen LogP contribution in [0.4, 0.5) is 17.1 Å². The van der Waals surface area contributed by atoms with Gasteiger partial charge in [-0.1, -0.05) is 146 Å². The summed E-state index contributed by atoms with van der Waals surface area (Å²) in [4.78, 5) is 2.51. The summed E-state index contributed by atoms with van der Waals surface area (Å²) < 4.78 is 7.79. The van der Waals surface area contributed by atoms with Crippen LogP contribution in [0.1, 0.15) is 0 Å². The minimum absolute atomic E-state index is 1.15. The molecule has 3 aromatic heterocycles. The number of rotatable bonds is 6. The molecule has 0 unspecified atom stereocenters. The van der Waals surface area contributed by atoms with Crippen LogP contribution < -0.4 is 4.90 Å². The molecule has 0 amide bonds. The maximum atomic E-state index is 2.51. The molecule has 0 saturated heterocycles. The van der Waals surface area contributed by atoms with Crippen molar-refractivity contribution in [1.82, 2.24) is 0 Å². The molecule has 0 spiro atoms. The second-order valence-corrected chi connectivity index (χ2v) is 18.1. The maximum absolute atomic E-state index is 2.51. The van der Waals surface area contributed by atoms with E-state index in [1.807, 2.05) is 34.0 Å². The molecule has 0 aliphatic heterocycles. The van der Waals surface area contributed by atoms with Crippen molar-refractivity contribution in [3.05, 3.63) is 200 Å². The highest BCUT2D eigenvalue weighted by molar-refractivity contribution is 7.27. The van der Waals surface area contributed by atoms with Crippen molar-refractivity contribution < 1.29 is 0 Å². The fourth-order valence-electron chi connectivity index (χ4n) is 8.70. The number of thiophene rings is 3. The molecule has 12 aromatic rings. The van der Waals surface area contributed by atoms with E-state index < -0.39 is 0 Å². The zero-order valence-corrected chi connectivity index (χ0v) is 33.7. The lowest BCUT2D eigenvalue weighted by molar-refractivity contribution is 1.32. The van der Waals surface area contributed by atoms with E-state index in [9.17, 15) is 0 Å². The average molecular weight is 792 g/mol. The first kappa shape index (κ1) is 33.6. The molecule has 1 nitrogen and oxygen atoms in total. The SMILES string of the molecule is c1ccc(-c2ccc3c(c2)sc2ccc(N(c4ccc5c(c4)sc4ccccc45)c4ccc(-c5ccccc5)c5sc6cc(-c7ccccc7)ccc6c45)cc23)cc1. The van der Waals surface area contributed by atoms with Gasteiger partial charge >= 0.3 is 0 Å². The van der Waals surface area contributed by atoms with Gasteiger partial charge in [0.1, 0.15) is 0 Å². The van der Waals surface area contributed by atoms with E-state index in [2.05, 4.69) is 205 Å². The minimum Gasteiger partial charge on any atom is -0.310 e. The fourth-order valence-corrected chi connectivity index (χ4v) is 12.3. The van der Waals surface area contributed by atoms with Gasteiger partial charge in [0.15, 0.2) is 0 Å². The summed E-state index contributed by atoms with van der Waals surface area (Å²) in [5.41, 5.74) is 10.9. The van der Waals surface area contributed by atoms with Crippen molar-refractivity contribution in [2.24, 2.45) is 0 Å². The molecule has 58 heavy (non-hydrogen) atoms. The third-order valence-electron chi connectivity index (χ3n) is 11.5. The van der Waals surface area contributed by atoms with E-state index in [0.29, 0.717) is 0 Å². The summed E-state index contributed by atoms with van der Waals surface area (Å²) >= 11 is 5.65. The predicted molar refractivity (Wildman–Crippen MR) is 256 cm³/mol. The fraction of sp³-hybridized carbons (Fsp3) is 0. The first-order valence-electron chi connectivity index (χ1n) is 19.6. The second kappa shape index (κ2) is 13.5. The van der Waals surface area contributed by atoms with E-state index in [4.69, 9.17) is 0 Å². The monoisotopic (exact) mass is 791 g/mol. The number of anilines is 3. The van der Waals surface area contributed by atoms with E-state index in [1.165, 1.54) is 99.6 Å². The van der Waals surface area contributed by atoms with Gasteiger partial charge in [-0.2, -0.15) is 0 Å². The van der Waals surface area contributed by atoms with Crippen molar-refractivity contribution in [2.75, 3.05) is 4.90 Å². The Morgan fingerprint density at radius 1 is 0.293 bits per heavy atom. The van der Waals surface area contributed by atoms with E-state index in [1.54, 1.807) is 0 Å². The van der Waals surface area contributed by atoms with E-state index in [0.717, 1.165) is 11.4 Å². The lowest BCUT2D eigenvalue weighted by Crippen LogP contribution is -2.10. The molecule has 0 N–H and O–H groups in total. The Balaban J connectivity index is 1.12. The highest BCUT2D eigenvalue weighted by Gasteiger charge is 2.23. The quantitative estimate of drug-likeness (QED) is 0.162. The molecule has 12 rings (SSSR count). The topological polar surface area (TPSA) is 3.24 Å². The van der Waals surface area contributed by atoms with Crippen LogP contribution >= 0.6 is 34.0 Å². The third kappa shape index (κ3) is 5.48. The Bertz CT molecular complexity index is 3500. The molecule has 0 aliphatic carbocycles. The molecule has 3 heterocycles. The number of hydrogen-bond acceptors (Lipinski definition) is 4. The predicted octanol–water partition coefficient (Wildman–Crippen LogP) is 17.3. The molecule has 0 radical (unpaired) electrons. The third-order valence-corrected chi connectivity index (χ3v) is 14.9. The highest BCUT2D eigenvalue weighted by atomic mass is 32.1. The number of nitrogens with zero attached hydrogens (tertiary/aromatic N) is 1. The van der Waals surface area contributed by atoms with Gasteiger partial charge in [0, 0.05) is 71.9 Å². The summed E-state index contributed by atoms with van der Waals surface area (Å²) in [6.07, 6.45) is 0. The minimum atomic E-state index is 1.15. The van der Waals surface area contributed by atoms with Crippen LogP contribution in [0.3, 0.4) is 0 Å². The highest BCUT2D eigenvalue weighted by Crippen LogP contribution is 2.50. The zero-order chi connectivity index (χ0) is 38.2. The molecule has 4 heteroatoms. The Kier molecular flexibility index (Phi) is 7.83. The summed E-state index contributed by atoms with van der Waals surface area (Å²) in [5.74, 6) is 0. The van der Waals surface area contributed by atoms with Gasteiger partial charge in [0.25, 0.3) is 0 Å². The molecule has 0 atom stereocenters. The molecular weight excluding hydrogens is 759 g/mol. The summed E-state index contributed by atoms with van der Waals surface area (Å²) in [7, 11) is 0. The first-order valence-corrected chi connectivity index (χ1v) is 22.0. The Hall–Kier alpha value is -6.56. The van der Waals surface area contributed by atoms with Crippen LogP contribution in [0, 0.1) is 0 Å². The smallest absolute Gasteiger partial charge is 0.0555 e. The maximum Gasteiger partial charge on any atom is 0.0555 e. The molecule has 0 saturated carbocycles. The van der Waals surface area contributed by atoms with Crippen molar-refractivity contribution >= 4 is 112 Å². The Labute approximate surface area is 347 Å². The molecule has 0 fully saturated rings. The lowest BCUT2D eigenvalue weighted by atomic mass is 9.98. The largest absolute Gasteiger partial charge is 0.310 e. The van der Waals surface area contributed by atoms with Gasteiger partial charge in [-0.05, 0) is 88.0 Å². The van der Waals surface area contributed by atoms with Gasteiger partial charge in [-0.25, -0.2) is 0 Å². The zero-order valence-electron chi connectivity index (χ0n) is 31.2. The van der Waals surface area contributed by atoms with Gasteiger partial charge in [-0.15, -0.1) is 34.0 Å². The molecule has 9 aromatic carbocycles. The van der Waals surface area contributed by atoms with Crippen molar-refractivity contribution in [1.29, 1.82) is 0 Å². The van der Waals surface area contributed by atoms with Gasteiger partial charge < -0.3 is 4.90 Å². The van der Waals surface area contributed by atoms with Crippen LogP contribution in [0.2, 0.25) is 0 Å². The number of fused-ring (bicyclic) bond motifs is 9. The van der Waals surface area contributed by atoms with Gasteiger partial charge in [-0.3, -0.25) is 0 Å². The van der Waals surface area contributed by atoms with Crippen LogP contribution in [-0.4, -0.2) is 0 Å². The van der Waals surface area contributed by atoms with E-state index >= 15 is 0 Å². The van der Waals surface area contributed by atoms with Crippen LogP contribution in [0.25, 0.3) is 93.9 Å². The lowest BCUT2D eigenvalue weighted by Gasteiger charge is -2.27. The van der Waals surface area contributed by atoms with Gasteiger partial charge in [0.2, 0.25) is 0 Å². The summed E-state index contributed by atoms with van der Waals surface area (Å²) in [6, 6.07) is 73.9. The normalized spacial score (nSPS) is 11.8. The number of benzene rings is 9. The molecule has 272 valence electrons.